The first-order valence-electron chi connectivity index (χ1n) is 6.97. The summed E-state index contributed by atoms with van der Waals surface area (Å²) in [6, 6.07) is 13.7. The number of aryl methyl sites for hydroxylation is 3. The molecule has 0 bridgehead atoms. The molecule has 0 aliphatic heterocycles. The molecule has 2 aromatic rings. The van der Waals surface area contributed by atoms with Crippen molar-refractivity contribution < 1.29 is 4.79 Å². The molecular formula is C18H20N2O. The van der Waals surface area contributed by atoms with Crippen LogP contribution in [0.5, 0.6) is 0 Å². The predicted molar refractivity (Wildman–Crippen MR) is 86.8 cm³/mol. The first-order chi connectivity index (χ1) is 9.99. The Hall–Kier alpha value is -2.42. The van der Waals surface area contributed by atoms with Gasteiger partial charge in [0, 0.05) is 11.1 Å². The van der Waals surface area contributed by atoms with Crippen molar-refractivity contribution in [3.8, 4) is 0 Å². The molecule has 0 radical (unpaired) electrons. The molecule has 2 aromatic carbocycles. The molecule has 21 heavy (non-hydrogen) atoms. The molecule has 0 heterocycles. The quantitative estimate of drug-likeness (QED) is 0.675. The third kappa shape index (κ3) is 3.57. The summed E-state index contributed by atoms with van der Waals surface area (Å²) in [5.74, 6) is -0.183. The van der Waals surface area contributed by atoms with Crippen molar-refractivity contribution in [2.24, 2.45) is 5.10 Å². The Kier molecular flexibility index (Phi) is 4.53. The number of hydrazone groups is 1. The second kappa shape index (κ2) is 6.35. The minimum Gasteiger partial charge on any atom is -0.267 e. The maximum Gasteiger partial charge on any atom is 0.271 e. The summed E-state index contributed by atoms with van der Waals surface area (Å²) in [6.45, 7) is 7.90. The zero-order valence-electron chi connectivity index (χ0n) is 12.9. The first-order valence-corrected chi connectivity index (χ1v) is 6.97. The summed E-state index contributed by atoms with van der Waals surface area (Å²) in [5, 5.41) is 4.23. The highest BCUT2D eigenvalue weighted by Crippen LogP contribution is 2.12. The van der Waals surface area contributed by atoms with Crippen molar-refractivity contribution in [1.29, 1.82) is 0 Å². The lowest BCUT2D eigenvalue weighted by atomic mass is 10.0. The van der Waals surface area contributed by atoms with Gasteiger partial charge in [-0.25, -0.2) is 5.43 Å². The van der Waals surface area contributed by atoms with Crippen LogP contribution in [0.15, 0.2) is 47.6 Å². The van der Waals surface area contributed by atoms with Gasteiger partial charge in [-0.05, 0) is 51.0 Å². The largest absolute Gasteiger partial charge is 0.271 e. The Morgan fingerprint density at radius 2 is 1.62 bits per heavy atom. The van der Waals surface area contributed by atoms with Crippen LogP contribution in [-0.2, 0) is 0 Å². The highest BCUT2D eigenvalue weighted by atomic mass is 16.2. The van der Waals surface area contributed by atoms with Crippen LogP contribution in [0.1, 0.15) is 39.5 Å². The normalized spacial score (nSPS) is 11.3. The van der Waals surface area contributed by atoms with Crippen LogP contribution in [-0.4, -0.2) is 11.6 Å². The van der Waals surface area contributed by atoms with Crippen molar-refractivity contribution in [1.82, 2.24) is 5.43 Å². The summed E-state index contributed by atoms with van der Waals surface area (Å²) in [4.78, 5) is 12.1. The molecule has 3 heteroatoms. The van der Waals surface area contributed by atoms with E-state index in [0.717, 1.165) is 22.4 Å². The standard InChI is InChI=1S/C18H20N2O/c1-12-9-10-14(3)17(11-12)15(4)19-20-18(21)16-8-6-5-7-13(16)2/h5-11H,1-4H3,(H,20,21)/b19-15-. The minimum absolute atomic E-state index is 0.183. The third-order valence-electron chi connectivity index (χ3n) is 3.50. The van der Waals surface area contributed by atoms with Gasteiger partial charge in [-0.2, -0.15) is 5.10 Å². The van der Waals surface area contributed by atoms with Crippen molar-refractivity contribution in [2.75, 3.05) is 0 Å². The van der Waals surface area contributed by atoms with Crippen molar-refractivity contribution in [3.05, 3.63) is 70.3 Å². The SMILES string of the molecule is C/C(=N/NC(=O)c1ccccc1C)c1cc(C)ccc1C. The third-order valence-corrected chi connectivity index (χ3v) is 3.50. The number of amides is 1. The molecule has 2 rings (SSSR count). The van der Waals surface area contributed by atoms with E-state index in [-0.39, 0.29) is 5.91 Å². The zero-order chi connectivity index (χ0) is 15.4. The summed E-state index contributed by atoms with van der Waals surface area (Å²) >= 11 is 0. The zero-order valence-corrected chi connectivity index (χ0v) is 12.9. The molecule has 0 unspecified atom stereocenters. The second-order valence-electron chi connectivity index (χ2n) is 5.27. The fourth-order valence-electron chi connectivity index (χ4n) is 2.21. The lowest BCUT2D eigenvalue weighted by Gasteiger charge is -2.08. The number of hydrogen-bond acceptors (Lipinski definition) is 2. The van der Waals surface area contributed by atoms with Crippen LogP contribution in [0.4, 0.5) is 0 Å². The average Bonchev–Trinajstić information content (AvgIpc) is 2.47. The molecule has 0 spiro atoms. The number of carbonyl (C=O) groups excluding carboxylic acids is 1. The number of hydrogen-bond donors (Lipinski definition) is 1. The van der Waals surface area contributed by atoms with E-state index in [1.165, 1.54) is 5.56 Å². The Labute approximate surface area is 125 Å². The molecule has 0 saturated carbocycles. The number of benzene rings is 2. The van der Waals surface area contributed by atoms with E-state index < -0.39 is 0 Å². The number of nitrogens with zero attached hydrogens (tertiary/aromatic N) is 1. The molecule has 0 atom stereocenters. The predicted octanol–water partition coefficient (Wildman–Crippen LogP) is 3.77. The Bertz CT molecular complexity index is 702. The van der Waals surface area contributed by atoms with Crippen molar-refractivity contribution in [2.45, 2.75) is 27.7 Å². The molecule has 1 amide bonds. The van der Waals surface area contributed by atoms with Crippen LogP contribution >= 0.6 is 0 Å². The van der Waals surface area contributed by atoms with Crippen LogP contribution in [0.2, 0.25) is 0 Å². The van der Waals surface area contributed by atoms with E-state index in [4.69, 9.17) is 0 Å². The highest BCUT2D eigenvalue weighted by Gasteiger charge is 2.08. The Balaban J connectivity index is 2.19. The summed E-state index contributed by atoms with van der Waals surface area (Å²) < 4.78 is 0. The van der Waals surface area contributed by atoms with Crippen molar-refractivity contribution >= 4 is 11.6 Å². The van der Waals surface area contributed by atoms with Gasteiger partial charge < -0.3 is 0 Å². The smallest absolute Gasteiger partial charge is 0.267 e. The Morgan fingerprint density at radius 1 is 0.952 bits per heavy atom. The van der Waals surface area contributed by atoms with E-state index in [9.17, 15) is 4.79 Å². The average molecular weight is 280 g/mol. The van der Waals surface area contributed by atoms with Crippen LogP contribution in [0, 0.1) is 20.8 Å². The molecule has 3 nitrogen and oxygen atoms in total. The summed E-state index contributed by atoms with van der Waals surface area (Å²) in [5.41, 5.74) is 8.40. The van der Waals surface area contributed by atoms with E-state index in [2.05, 4.69) is 28.7 Å². The number of carbonyl (C=O) groups is 1. The Morgan fingerprint density at radius 3 is 2.33 bits per heavy atom. The van der Waals surface area contributed by atoms with Crippen LogP contribution in [0.25, 0.3) is 0 Å². The lowest BCUT2D eigenvalue weighted by molar-refractivity contribution is 0.0954. The molecule has 0 fully saturated rings. The summed E-state index contributed by atoms with van der Waals surface area (Å²) in [6.07, 6.45) is 0. The van der Waals surface area contributed by atoms with Gasteiger partial charge in [0.25, 0.3) is 5.91 Å². The molecule has 0 aromatic heterocycles. The molecule has 108 valence electrons. The van der Waals surface area contributed by atoms with Gasteiger partial charge in [-0.3, -0.25) is 4.79 Å². The van der Waals surface area contributed by atoms with Gasteiger partial charge in [0.1, 0.15) is 0 Å². The molecule has 0 aliphatic carbocycles. The highest BCUT2D eigenvalue weighted by molar-refractivity contribution is 6.02. The van der Waals surface area contributed by atoms with E-state index in [0.29, 0.717) is 5.56 Å². The van der Waals surface area contributed by atoms with Gasteiger partial charge in [-0.1, -0.05) is 35.9 Å². The van der Waals surface area contributed by atoms with E-state index in [1.54, 1.807) is 6.07 Å². The maximum absolute atomic E-state index is 12.1. The maximum atomic E-state index is 12.1. The number of rotatable bonds is 3. The lowest BCUT2D eigenvalue weighted by Crippen LogP contribution is -2.20. The fourth-order valence-corrected chi connectivity index (χ4v) is 2.21. The molecule has 1 N–H and O–H groups in total. The van der Waals surface area contributed by atoms with Gasteiger partial charge in [-0.15, -0.1) is 0 Å². The van der Waals surface area contributed by atoms with Gasteiger partial charge in [0.2, 0.25) is 0 Å². The monoisotopic (exact) mass is 280 g/mol. The van der Waals surface area contributed by atoms with Crippen LogP contribution in [0.3, 0.4) is 0 Å². The second-order valence-corrected chi connectivity index (χ2v) is 5.27. The van der Waals surface area contributed by atoms with E-state index in [1.807, 2.05) is 45.9 Å². The minimum atomic E-state index is -0.183. The molecular weight excluding hydrogens is 260 g/mol. The summed E-state index contributed by atoms with van der Waals surface area (Å²) in [7, 11) is 0. The van der Waals surface area contributed by atoms with Crippen molar-refractivity contribution in [3.63, 3.8) is 0 Å². The van der Waals surface area contributed by atoms with Gasteiger partial charge in [0.05, 0.1) is 5.71 Å². The topological polar surface area (TPSA) is 41.5 Å². The number of nitrogens with one attached hydrogen (secondary N) is 1. The van der Waals surface area contributed by atoms with Gasteiger partial charge >= 0.3 is 0 Å². The molecule has 0 saturated heterocycles. The first kappa shape index (κ1) is 15.0. The van der Waals surface area contributed by atoms with Gasteiger partial charge in [0.15, 0.2) is 0 Å². The molecule has 0 aliphatic rings. The van der Waals surface area contributed by atoms with E-state index >= 15 is 0 Å². The van der Waals surface area contributed by atoms with Crippen LogP contribution < -0.4 is 5.43 Å². The fraction of sp³-hybridized carbons (Fsp3) is 0.222.